The lowest BCUT2D eigenvalue weighted by atomic mass is 10.4. The van der Waals surface area contributed by atoms with Gasteiger partial charge in [-0.15, -0.1) is 0 Å². The predicted octanol–water partition coefficient (Wildman–Crippen LogP) is 0.972. The molecular weight excluding hydrogens is 292 g/mol. The molecule has 0 amide bonds. The molecule has 1 fully saturated rings. The molecule has 1 heterocycles. The van der Waals surface area contributed by atoms with Crippen molar-refractivity contribution >= 4 is 32.0 Å². The van der Waals surface area contributed by atoms with Gasteiger partial charge in [-0.1, -0.05) is 11.3 Å². The summed E-state index contributed by atoms with van der Waals surface area (Å²) in [5.74, 6) is 5.56. The van der Waals surface area contributed by atoms with E-state index < -0.39 is 14.9 Å². The minimum absolute atomic E-state index is 0.0309. The van der Waals surface area contributed by atoms with Gasteiger partial charge in [0.1, 0.15) is 4.21 Å². The lowest BCUT2D eigenvalue weighted by molar-refractivity contribution is -0.383. The van der Waals surface area contributed by atoms with Crippen LogP contribution in [0.15, 0.2) is 10.3 Å². The quantitative estimate of drug-likeness (QED) is 0.459. The maximum Gasteiger partial charge on any atom is 0.306 e. The van der Waals surface area contributed by atoms with Crippen LogP contribution in [0.1, 0.15) is 12.8 Å². The number of sulfonamides is 1. The molecule has 1 aliphatic carbocycles. The third-order valence-corrected chi connectivity index (χ3v) is 6.22. The first kappa shape index (κ1) is 14.2. The highest BCUT2D eigenvalue weighted by Crippen LogP contribution is 2.38. The number of hydrazine groups is 1. The fourth-order valence-electron chi connectivity index (χ4n) is 1.64. The van der Waals surface area contributed by atoms with Crippen molar-refractivity contribution < 1.29 is 13.3 Å². The van der Waals surface area contributed by atoms with Crippen LogP contribution in [0.3, 0.4) is 0 Å². The summed E-state index contributed by atoms with van der Waals surface area (Å²) in [6.45, 7) is 0.444. The van der Waals surface area contributed by atoms with Gasteiger partial charge in [-0.25, -0.2) is 14.3 Å². The monoisotopic (exact) mass is 306 g/mol. The summed E-state index contributed by atoms with van der Waals surface area (Å²) in [6.07, 6.45) is 2.06. The fourth-order valence-corrected chi connectivity index (χ4v) is 4.34. The number of nitro groups is 1. The smallest absolute Gasteiger partial charge is 0.306 e. The maximum atomic E-state index is 12.2. The highest BCUT2D eigenvalue weighted by molar-refractivity contribution is 7.91. The van der Waals surface area contributed by atoms with Crippen LogP contribution in [0, 0.1) is 16.0 Å². The van der Waals surface area contributed by atoms with Gasteiger partial charge in [0.15, 0.2) is 5.00 Å². The van der Waals surface area contributed by atoms with E-state index in [1.807, 2.05) is 0 Å². The Morgan fingerprint density at radius 2 is 2.26 bits per heavy atom. The van der Waals surface area contributed by atoms with Crippen LogP contribution >= 0.6 is 11.3 Å². The van der Waals surface area contributed by atoms with Gasteiger partial charge >= 0.3 is 5.69 Å². The molecule has 3 N–H and O–H groups in total. The molecule has 0 bridgehead atoms. The summed E-state index contributed by atoms with van der Waals surface area (Å²) < 4.78 is 25.7. The van der Waals surface area contributed by atoms with Crippen molar-refractivity contribution in [2.45, 2.75) is 17.1 Å². The number of nitrogens with zero attached hydrogens (tertiary/aromatic N) is 2. The topological polar surface area (TPSA) is 119 Å². The van der Waals surface area contributed by atoms with Gasteiger partial charge in [0.25, 0.3) is 10.0 Å². The Bertz CT molecular complexity index is 593. The number of nitrogens with one attached hydrogen (secondary N) is 1. The van der Waals surface area contributed by atoms with Gasteiger partial charge in [-0.2, -0.15) is 4.31 Å². The van der Waals surface area contributed by atoms with Crippen molar-refractivity contribution in [3.05, 3.63) is 16.2 Å². The van der Waals surface area contributed by atoms with E-state index in [-0.39, 0.29) is 14.9 Å². The van der Waals surface area contributed by atoms with Crippen molar-refractivity contribution in [3.8, 4) is 0 Å². The molecule has 106 valence electrons. The molecule has 0 atom stereocenters. The zero-order valence-electron chi connectivity index (χ0n) is 10.2. The van der Waals surface area contributed by atoms with E-state index in [9.17, 15) is 18.5 Å². The van der Waals surface area contributed by atoms with Gasteiger partial charge in [0, 0.05) is 19.7 Å². The average molecular weight is 306 g/mol. The zero-order valence-corrected chi connectivity index (χ0v) is 11.8. The molecule has 1 saturated carbocycles. The molecule has 0 aromatic carbocycles. The minimum Gasteiger partial charge on any atom is -0.310 e. The lowest BCUT2D eigenvalue weighted by Crippen LogP contribution is -2.28. The molecule has 2 rings (SSSR count). The second kappa shape index (κ2) is 5.04. The lowest BCUT2D eigenvalue weighted by Gasteiger charge is -2.14. The second-order valence-corrected chi connectivity index (χ2v) is 7.73. The first-order valence-corrected chi connectivity index (χ1v) is 7.83. The van der Waals surface area contributed by atoms with Gasteiger partial charge < -0.3 is 5.43 Å². The Labute approximate surface area is 114 Å². The second-order valence-electron chi connectivity index (χ2n) is 4.41. The maximum absolute atomic E-state index is 12.2. The molecular formula is C9H14N4O4S2. The minimum atomic E-state index is -3.69. The van der Waals surface area contributed by atoms with Crippen molar-refractivity contribution in [2.75, 3.05) is 19.0 Å². The molecule has 0 unspecified atom stereocenters. The Kier molecular flexibility index (Phi) is 3.76. The largest absolute Gasteiger partial charge is 0.310 e. The molecule has 19 heavy (non-hydrogen) atoms. The molecule has 8 nitrogen and oxygen atoms in total. The van der Waals surface area contributed by atoms with Gasteiger partial charge in [0.2, 0.25) is 0 Å². The third-order valence-electron chi connectivity index (χ3n) is 2.89. The van der Waals surface area contributed by atoms with Crippen LogP contribution in [-0.2, 0) is 10.0 Å². The molecule has 10 heteroatoms. The molecule has 0 aliphatic heterocycles. The summed E-state index contributed by atoms with van der Waals surface area (Å²) in [5, 5.41) is 10.8. The van der Waals surface area contributed by atoms with Crippen molar-refractivity contribution in [3.63, 3.8) is 0 Å². The molecule has 0 saturated heterocycles. The first-order valence-electron chi connectivity index (χ1n) is 5.57. The van der Waals surface area contributed by atoms with E-state index in [0.29, 0.717) is 12.5 Å². The van der Waals surface area contributed by atoms with E-state index >= 15 is 0 Å². The van der Waals surface area contributed by atoms with E-state index in [1.54, 1.807) is 0 Å². The SMILES string of the molecule is CN(CC1CC1)S(=O)(=O)c1cc([N+](=O)[O-])c(NN)s1. The van der Waals surface area contributed by atoms with Crippen LogP contribution in [0.4, 0.5) is 10.7 Å². The summed E-state index contributed by atoms with van der Waals surface area (Å²) >= 11 is 0.763. The number of rotatable bonds is 6. The summed E-state index contributed by atoms with van der Waals surface area (Å²) in [7, 11) is -2.21. The van der Waals surface area contributed by atoms with Crippen molar-refractivity contribution in [1.82, 2.24) is 4.31 Å². The van der Waals surface area contributed by atoms with Gasteiger partial charge in [-0.3, -0.25) is 10.1 Å². The summed E-state index contributed by atoms with van der Waals surface area (Å²) in [4.78, 5) is 10.1. The normalized spacial score (nSPS) is 15.7. The Balaban J connectivity index is 2.31. The zero-order chi connectivity index (χ0) is 14.2. The van der Waals surface area contributed by atoms with E-state index in [2.05, 4.69) is 5.43 Å². The molecule has 1 aromatic heterocycles. The molecule has 0 spiro atoms. The van der Waals surface area contributed by atoms with Gasteiger partial charge in [-0.05, 0) is 18.8 Å². The van der Waals surface area contributed by atoms with Crippen LogP contribution in [0.2, 0.25) is 0 Å². The fraction of sp³-hybridized carbons (Fsp3) is 0.556. The Morgan fingerprint density at radius 1 is 1.63 bits per heavy atom. The third kappa shape index (κ3) is 2.86. The van der Waals surface area contributed by atoms with E-state index in [0.717, 1.165) is 30.2 Å². The summed E-state index contributed by atoms with van der Waals surface area (Å²) in [6, 6.07) is 1.04. The van der Waals surface area contributed by atoms with Crippen molar-refractivity contribution in [2.24, 2.45) is 11.8 Å². The number of hydrogen-bond donors (Lipinski definition) is 2. The molecule has 1 aliphatic rings. The van der Waals surface area contributed by atoms with E-state index in [4.69, 9.17) is 5.84 Å². The van der Waals surface area contributed by atoms with Crippen molar-refractivity contribution in [1.29, 1.82) is 0 Å². The van der Waals surface area contributed by atoms with Crippen LogP contribution in [0.25, 0.3) is 0 Å². The van der Waals surface area contributed by atoms with Crippen LogP contribution in [-0.4, -0.2) is 31.2 Å². The number of hydrogen-bond acceptors (Lipinski definition) is 7. The highest BCUT2D eigenvalue weighted by Gasteiger charge is 2.32. The standard InChI is InChI=1S/C9H14N4O4S2/c1-12(5-6-2-3-6)19(16,17)8-4-7(13(14)15)9(11-10)18-8/h4,6,11H,2-3,5,10H2,1H3. The Hall–Kier alpha value is -1.23. The molecule has 0 radical (unpaired) electrons. The molecule has 1 aromatic rings. The van der Waals surface area contributed by atoms with Crippen LogP contribution in [0.5, 0.6) is 0 Å². The number of nitrogens with two attached hydrogens (primary N) is 1. The number of anilines is 1. The highest BCUT2D eigenvalue weighted by atomic mass is 32.2. The van der Waals surface area contributed by atoms with E-state index in [1.165, 1.54) is 11.4 Å². The Morgan fingerprint density at radius 3 is 2.68 bits per heavy atom. The number of thiophene rings is 1. The van der Waals surface area contributed by atoms with Gasteiger partial charge in [0.05, 0.1) is 4.92 Å². The van der Waals surface area contributed by atoms with Crippen LogP contribution < -0.4 is 11.3 Å². The first-order chi connectivity index (χ1) is 8.86. The summed E-state index contributed by atoms with van der Waals surface area (Å²) in [5.41, 5.74) is 1.83. The number of nitrogen functional groups attached to an aromatic ring is 1. The predicted molar refractivity (Wildman–Crippen MR) is 71.3 cm³/mol. The average Bonchev–Trinajstić information content (AvgIpc) is 3.03.